The second kappa shape index (κ2) is 20.7. The molecule has 0 aliphatic rings. The van der Waals surface area contributed by atoms with Crippen LogP contribution in [-0.4, -0.2) is 18.6 Å². The summed E-state index contributed by atoms with van der Waals surface area (Å²) < 4.78 is 5.07. The number of carbonyl (C=O) groups excluding carboxylic acids is 1. The quantitative estimate of drug-likeness (QED) is 0.187. The van der Waals surface area contributed by atoms with Crippen LogP contribution in [0.15, 0.2) is 0 Å². The molecule has 0 rings (SSSR count). The van der Waals surface area contributed by atoms with Gasteiger partial charge in [-0.05, 0) is 13.3 Å². The fourth-order valence-electron chi connectivity index (χ4n) is 3.31. The smallest absolute Gasteiger partial charge is 0.322 e. The zero-order valence-corrected chi connectivity index (χ0v) is 17.9. The topological polar surface area (TPSA) is 52.3 Å². The van der Waals surface area contributed by atoms with Crippen LogP contribution in [0.4, 0.5) is 0 Å². The fourth-order valence-corrected chi connectivity index (χ4v) is 3.31. The maximum Gasteiger partial charge on any atom is 0.322 e. The van der Waals surface area contributed by atoms with E-state index in [0.29, 0.717) is 6.61 Å². The lowest BCUT2D eigenvalue weighted by Gasteiger charge is -2.07. The Morgan fingerprint density at radius 1 is 0.654 bits per heavy atom. The lowest BCUT2D eigenvalue weighted by molar-refractivity contribution is -0.144. The maximum absolute atomic E-state index is 11.2. The molecule has 0 saturated carbocycles. The van der Waals surface area contributed by atoms with Crippen molar-refractivity contribution in [2.45, 2.75) is 135 Å². The summed E-state index contributed by atoms with van der Waals surface area (Å²) in [6, 6.07) is -0.495. The summed E-state index contributed by atoms with van der Waals surface area (Å²) in [7, 11) is 0. The van der Waals surface area contributed by atoms with Gasteiger partial charge in [0.1, 0.15) is 6.04 Å². The minimum absolute atomic E-state index is 0.281. The number of hydrogen-bond acceptors (Lipinski definition) is 3. The zero-order chi connectivity index (χ0) is 19.3. The Bertz CT molecular complexity index is 292. The highest BCUT2D eigenvalue weighted by Gasteiger charge is 2.07. The monoisotopic (exact) mass is 369 g/mol. The number of carbonyl (C=O) groups is 1. The number of ether oxygens (including phenoxy) is 1. The van der Waals surface area contributed by atoms with Crippen LogP contribution in [0.5, 0.6) is 0 Å². The fraction of sp³-hybridized carbons (Fsp3) is 0.957. The van der Waals surface area contributed by atoms with E-state index in [4.69, 9.17) is 10.5 Å². The Kier molecular flexibility index (Phi) is 20.3. The van der Waals surface area contributed by atoms with Crippen molar-refractivity contribution in [1.29, 1.82) is 0 Å². The summed E-state index contributed by atoms with van der Waals surface area (Å²) in [6.07, 6.45) is 24.6. The van der Waals surface area contributed by atoms with Gasteiger partial charge in [-0.2, -0.15) is 0 Å². The van der Waals surface area contributed by atoms with E-state index in [1.165, 1.54) is 103 Å². The van der Waals surface area contributed by atoms with Crippen LogP contribution in [0.1, 0.15) is 129 Å². The second-order valence-electron chi connectivity index (χ2n) is 7.97. The third kappa shape index (κ3) is 19.8. The van der Waals surface area contributed by atoms with E-state index in [9.17, 15) is 4.79 Å². The molecule has 3 nitrogen and oxygen atoms in total. The first kappa shape index (κ1) is 25.4. The van der Waals surface area contributed by atoms with Gasteiger partial charge in [-0.1, -0.05) is 116 Å². The van der Waals surface area contributed by atoms with Crippen LogP contribution in [0.3, 0.4) is 0 Å². The van der Waals surface area contributed by atoms with E-state index in [2.05, 4.69) is 6.92 Å². The molecule has 1 atom stereocenters. The van der Waals surface area contributed by atoms with Crippen molar-refractivity contribution in [2.75, 3.05) is 6.61 Å². The summed E-state index contributed by atoms with van der Waals surface area (Å²) in [5, 5.41) is 0. The van der Waals surface area contributed by atoms with Gasteiger partial charge in [-0.15, -0.1) is 0 Å². The normalized spacial score (nSPS) is 12.3. The minimum Gasteiger partial charge on any atom is -0.465 e. The van der Waals surface area contributed by atoms with Crippen molar-refractivity contribution in [1.82, 2.24) is 0 Å². The largest absolute Gasteiger partial charge is 0.465 e. The van der Waals surface area contributed by atoms with Crippen molar-refractivity contribution in [3.63, 3.8) is 0 Å². The summed E-state index contributed by atoms with van der Waals surface area (Å²) >= 11 is 0. The first-order valence-electron chi connectivity index (χ1n) is 11.6. The standard InChI is InChI=1S/C23H47NO2/c1-3-4-5-6-7-8-9-10-11-12-13-14-15-16-17-18-19-20-21-26-23(25)22(2)24/h22H,3-21,24H2,1-2H3/t22-/m0/s1. The molecule has 2 N–H and O–H groups in total. The maximum atomic E-state index is 11.2. The summed E-state index contributed by atoms with van der Waals surface area (Å²) in [6.45, 7) is 4.48. The third-order valence-corrected chi connectivity index (χ3v) is 5.11. The molecule has 0 aromatic heterocycles. The Morgan fingerprint density at radius 2 is 0.962 bits per heavy atom. The molecule has 0 aromatic rings. The van der Waals surface area contributed by atoms with Crippen LogP contribution in [0, 0.1) is 0 Å². The van der Waals surface area contributed by atoms with Gasteiger partial charge in [0.15, 0.2) is 0 Å². The van der Waals surface area contributed by atoms with Crippen LogP contribution >= 0.6 is 0 Å². The summed E-state index contributed by atoms with van der Waals surface area (Å²) in [5.74, 6) is -0.281. The van der Waals surface area contributed by atoms with Gasteiger partial charge in [0.05, 0.1) is 6.61 Å². The minimum atomic E-state index is -0.495. The van der Waals surface area contributed by atoms with E-state index < -0.39 is 6.04 Å². The summed E-state index contributed by atoms with van der Waals surface area (Å²) in [4.78, 5) is 11.2. The predicted octanol–water partition coefficient (Wildman–Crippen LogP) is 6.92. The van der Waals surface area contributed by atoms with Gasteiger partial charge in [0, 0.05) is 0 Å². The molecule has 0 bridgehead atoms. The van der Waals surface area contributed by atoms with Crippen molar-refractivity contribution in [2.24, 2.45) is 5.73 Å². The highest BCUT2D eigenvalue weighted by molar-refractivity contribution is 5.74. The zero-order valence-electron chi connectivity index (χ0n) is 17.9. The molecule has 0 spiro atoms. The average Bonchev–Trinajstić information content (AvgIpc) is 2.63. The van der Waals surface area contributed by atoms with Gasteiger partial charge < -0.3 is 10.5 Å². The highest BCUT2D eigenvalue weighted by Crippen LogP contribution is 2.14. The summed E-state index contributed by atoms with van der Waals surface area (Å²) in [5.41, 5.74) is 5.44. The van der Waals surface area contributed by atoms with Gasteiger partial charge >= 0.3 is 5.97 Å². The number of nitrogens with two attached hydrogens (primary N) is 1. The first-order valence-corrected chi connectivity index (χ1v) is 11.6. The number of hydrogen-bond donors (Lipinski definition) is 1. The first-order chi connectivity index (χ1) is 12.7. The van der Waals surface area contributed by atoms with Crippen molar-refractivity contribution >= 4 is 5.97 Å². The van der Waals surface area contributed by atoms with Crippen molar-refractivity contribution in [3.8, 4) is 0 Å². The third-order valence-electron chi connectivity index (χ3n) is 5.11. The van der Waals surface area contributed by atoms with Gasteiger partial charge in [-0.3, -0.25) is 4.79 Å². The van der Waals surface area contributed by atoms with Gasteiger partial charge in [0.2, 0.25) is 0 Å². The Labute approximate surface area is 163 Å². The van der Waals surface area contributed by atoms with E-state index in [-0.39, 0.29) is 5.97 Å². The van der Waals surface area contributed by atoms with Crippen molar-refractivity contribution < 1.29 is 9.53 Å². The highest BCUT2D eigenvalue weighted by atomic mass is 16.5. The molecule has 0 fully saturated rings. The number of unbranched alkanes of at least 4 members (excludes halogenated alkanes) is 17. The van der Waals surface area contributed by atoms with E-state index in [0.717, 1.165) is 12.8 Å². The molecule has 0 radical (unpaired) electrons. The van der Waals surface area contributed by atoms with Gasteiger partial charge in [0.25, 0.3) is 0 Å². The van der Waals surface area contributed by atoms with Crippen LogP contribution in [-0.2, 0) is 9.53 Å². The van der Waals surface area contributed by atoms with E-state index >= 15 is 0 Å². The molecule has 0 aliphatic heterocycles. The molecule has 0 heterocycles. The molecule has 0 aliphatic carbocycles. The molecular formula is C23H47NO2. The number of esters is 1. The molecule has 0 saturated heterocycles. The SMILES string of the molecule is CCCCCCCCCCCCCCCCCCCCOC(=O)[C@H](C)N. The van der Waals surface area contributed by atoms with Gasteiger partial charge in [-0.25, -0.2) is 0 Å². The Hall–Kier alpha value is -0.570. The molecule has 0 unspecified atom stereocenters. The van der Waals surface area contributed by atoms with E-state index in [1.54, 1.807) is 6.92 Å². The predicted molar refractivity (Wildman–Crippen MR) is 113 cm³/mol. The lowest BCUT2D eigenvalue weighted by atomic mass is 10.0. The Morgan fingerprint density at radius 3 is 1.27 bits per heavy atom. The molecule has 156 valence electrons. The van der Waals surface area contributed by atoms with Crippen LogP contribution in [0.2, 0.25) is 0 Å². The lowest BCUT2D eigenvalue weighted by Crippen LogP contribution is -2.28. The van der Waals surface area contributed by atoms with Crippen LogP contribution in [0.25, 0.3) is 0 Å². The molecule has 26 heavy (non-hydrogen) atoms. The number of rotatable bonds is 20. The average molecular weight is 370 g/mol. The van der Waals surface area contributed by atoms with E-state index in [1.807, 2.05) is 0 Å². The Balaban J connectivity index is 3.04. The molecule has 0 amide bonds. The second-order valence-corrected chi connectivity index (χ2v) is 7.97. The molecule has 0 aromatic carbocycles. The van der Waals surface area contributed by atoms with Crippen LogP contribution < -0.4 is 5.73 Å². The molecule has 3 heteroatoms. The van der Waals surface area contributed by atoms with Crippen molar-refractivity contribution in [3.05, 3.63) is 0 Å². The molecular weight excluding hydrogens is 322 g/mol.